The normalized spacial score (nSPS) is 26.0. The van der Waals surface area contributed by atoms with Crippen LogP contribution in [-0.2, 0) is 9.53 Å². The molecule has 29 heavy (non-hydrogen) atoms. The van der Waals surface area contributed by atoms with Gasteiger partial charge in [-0.25, -0.2) is 0 Å². The summed E-state index contributed by atoms with van der Waals surface area (Å²) in [5.41, 5.74) is 3.01. The smallest absolute Gasteiger partial charge is 0.309 e. The molecule has 2 atom stereocenters. The van der Waals surface area contributed by atoms with Crippen LogP contribution in [0, 0.1) is 17.8 Å². The van der Waals surface area contributed by atoms with Crippen molar-refractivity contribution in [1.29, 1.82) is 0 Å². The van der Waals surface area contributed by atoms with E-state index in [9.17, 15) is 4.79 Å². The van der Waals surface area contributed by atoms with Crippen molar-refractivity contribution < 1.29 is 14.3 Å². The molecule has 2 fully saturated rings. The van der Waals surface area contributed by atoms with Gasteiger partial charge < -0.3 is 9.47 Å². The number of hydrogen-bond donors (Lipinski definition) is 0. The van der Waals surface area contributed by atoms with E-state index in [0.717, 1.165) is 41.5 Å². The molecule has 5 nitrogen and oxygen atoms in total. The molecule has 2 heterocycles. The summed E-state index contributed by atoms with van der Waals surface area (Å²) in [7, 11) is 0. The highest BCUT2D eigenvalue weighted by atomic mass is 16.5. The Kier molecular flexibility index (Phi) is 6.12. The Labute approximate surface area is 172 Å². The molecule has 0 N–H and O–H groups in total. The van der Waals surface area contributed by atoms with Gasteiger partial charge in [0.15, 0.2) is 0 Å². The molecule has 0 bridgehead atoms. The van der Waals surface area contributed by atoms with Gasteiger partial charge in [0.2, 0.25) is 0 Å². The predicted molar refractivity (Wildman–Crippen MR) is 112 cm³/mol. The summed E-state index contributed by atoms with van der Waals surface area (Å²) in [6.07, 6.45) is 11.4. The molecule has 2 unspecified atom stereocenters. The Morgan fingerprint density at radius 2 is 1.97 bits per heavy atom. The summed E-state index contributed by atoms with van der Waals surface area (Å²) in [5, 5.41) is 0. The van der Waals surface area contributed by atoms with Crippen molar-refractivity contribution in [3.8, 4) is 16.9 Å². The highest BCUT2D eigenvalue weighted by Gasteiger charge is 2.46. The molecular weight excluding hydrogens is 364 g/mol. The van der Waals surface area contributed by atoms with Crippen molar-refractivity contribution in [2.75, 3.05) is 13.2 Å². The van der Waals surface area contributed by atoms with Gasteiger partial charge in [-0.15, -0.1) is 0 Å². The van der Waals surface area contributed by atoms with Gasteiger partial charge in [-0.3, -0.25) is 14.8 Å². The molecule has 2 aromatic rings. The number of nitrogens with zero attached hydrogens (tertiary/aromatic N) is 2. The maximum atomic E-state index is 11.9. The fourth-order valence-electron chi connectivity index (χ4n) is 4.23. The van der Waals surface area contributed by atoms with Gasteiger partial charge in [0.25, 0.3) is 0 Å². The molecule has 2 aliphatic carbocycles. The fourth-order valence-corrected chi connectivity index (χ4v) is 4.23. The average Bonchev–Trinajstić information content (AvgIpc) is 3.55. The Bertz CT molecular complexity index is 846. The van der Waals surface area contributed by atoms with E-state index in [1.807, 2.05) is 31.5 Å². The second kappa shape index (κ2) is 8.93. The van der Waals surface area contributed by atoms with Crippen molar-refractivity contribution in [3.63, 3.8) is 0 Å². The Morgan fingerprint density at radius 1 is 1.14 bits per heavy atom. The summed E-state index contributed by atoms with van der Waals surface area (Å²) in [4.78, 5) is 20.8. The van der Waals surface area contributed by atoms with Crippen LogP contribution >= 0.6 is 0 Å². The third-order valence-corrected chi connectivity index (χ3v) is 6.21. The van der Waals surface area contributed by atoms with E-state index in [4.69, 9.17) is 9.47 Å². The SMILES string of the molecule is CCOC(=O)C1CC1c1cc(-c2cncc(OC[C@H]3CC[C@H](C)CC3)c2)ccn1. The second-order valence-corrected chi connectivity index (χ2v) is 8.52. The van der Waals surface area contributed by atoms with Gasteiger partial charge in [-0.05, 0) is 61.8 Å². The highest BCUT2D eigenvalue weighted by molar-refractivity contribution is 5.77. The van der Waals surface area contributed by atoms with Crippen molar-refractivity contribution in [2.24, 2.45) is 17.8 Å². The molecule has 4 rings (SSSR count). The van der Waals surface area contributed by atoms with E-state index < -0.39 is 0 Å². The molecule has 2 aromatic heterocycles. The molecule has 0 saturated heterocycles. The number of ether oxygens (including phenoxy) is 2. The van der Waals surface area contributed by atoms with Gasteiger partial charge in [-0.2, -0.15) is 0 Å². The van der Waals surface area contributed by atoms with E-state index in [1.165, 1.54) is 25.7 Å². The first kappa shape index (κ1) is 19.9. The number of esters is 1. The summed E-state index contributed by atoms with van der Waals surface area (Å²) in [5.74, 6) is 2.32. The van der Waals surface area contributed by atoms with Crippen LogP contribution in [0.5, 0.6) is 5.75 Å². The molecule has 0 spiro atoms. The summed E-state index contributed by atoms with van der Waals surface area (Å²) < 4.78 is 11.2. The lowest BCUT2D eigenvalue weighted by molar-refractivity contribution is -0.144. The first-order valence-electron chi connectivity index (χ1n) is 10.8. The molecular formula is C24H30N2O3. The number of rotatable bonds is 7. The number of hydrogen-bond acceptors (Lipinski definition) is 5. The second-order valence-electron chi connectivity index (χ2n) is 8.52. The van der Waals surface area contributed by atoms with Crippen LogP contribution in [0.3, 0.4) is 0 Å². The minimum Gasteiger partial charge on any atom is -0.492 e. The van der Waals surface area contributed by atoms with Crippen molar-refractivity contribution in [1.82, 2.24) is 9.97 Å². The zero-order valence-electron chi connectivity index (χ0n) is 17.3. The molecule has 0 aromatic carbocycles. The third-order valence-electron chi connectivity index (χ3n) is 6.21. The minimum absolute atomic E-state index is 0.0521. The molecule has 0 radical (unpaired) electrons. The largest absolute Gasteiger partial charge is 0.492 e. The van der Waals surface area contributed by atoms with Crippen LogP contribution in [0.1, 0.15) is 57.6 Å². The first-order chi connectivity index (χ1) is 14.1. The standard InChI is InChI=1S/C24H30N2O3/c1-3-28-24(27)22-12-21(22)23-11-18(8-9-26-23)19-10-20(14-25-13-19)29-15-17-6-4-16(2)5-7-17/h8-11,13-14,16-17,21-22H,3-7,12,15H2,1-2H3/t16-,17-,21?,22?. The molecule has 5 heteroatoms. The van der Waals surface area contributed by atoms with Gasteiger partial charge in [0, 0.05) is 29.6 Å². The monoisotopic (exact) mass is 394 g/mol. The first-order valence-corrected chi connectivity index (χ1v) is 10.8. The molecule has 154 valence electrons. The van der Waals surface area contributed by atoms with Crippen molar-refractivity contribution in [3.05, 3.63) is 42.5 Å². The van der Waals surface area contributed by atoms with Crippen LogP contribution < -0.4 is 4.74 Å². The number of carbonyl (C=O) groups excluding carboxylic acids is 1. The minimum atomic E-state index is -0.112. The van der Waals surface area contributed by atoms with Gasteiger partial charge in [-0.1, -0.05) is 19.8 Å². The molecule has 2 aliphatic rings. The van der Waals surface area contributed by atoms with E-state index in [1.54, 1.807) is 6.20 Å². The highest BCUT2D eigenvalue weighted by Crippen LogP contribution is 2.48. The van der Waals surface area contributed by atoms with Gasteiger partial charge in [0.05, 0.1) is 25.3 Å². The lowest BCUT2D eigenvalue weighted by atomic mass is 9.83. The van der Waals surface area contributed by atoms with Gasteiger partial charge in [0.1, 0.15) is 5.75 Å². The Balaban J connectivity index is 1.40. The Hall–Kier alpha value is -2.43. The topological polar surface area (TPSA) is 61.3 Å². The van der Waals surface area contributed by atoms with E-state index in [-0.39, 0.29) is 17.8 Å². The number of aromatic nitrogens is 2. The number of pyridine rings is 2. The van der Waals surface area contributed by atoms with E-state index in [2.05, 4.69) is 23.0 Å². The maximum absolute atomic E-state index is 11.9. The van der Waals surface area contributed by atoms with Gasteiger partial charge >= 0.3 is 5.97 Å². The molecule has 2 saturated carbocycles. The molecule has 0 aliphatic heterocycles. The Morgan fingerprint density at radius 3 is 2.76 bits per heavy atom. The zero-order valence-corrected chi connectivity index (χ0v) is 17.3. The number of carbonyl (C=O) groups is 1. The summed E-state index contributed by atoms with van der Waals surface area (Å²) in [6, 6.07) is 6.09. The summed E-state index contributed by atoms with van der Waals surface area (Å²) in [6.45, 7) is 5.37. The zero-order chi connectivity index (χ0) is 20.2. The quantitative estimate of drug-likeness (QED) is 0.618. The lowest BCUT2D eigenvalue weighted by Crippen LogP contribution is -2.18. The van der Waals surface area contributed by atoms with E-state index in [0.29, 0.717) is 12.5 Å². The van der Waals surface area contributed by atoms with Crippen LogP contribution in [0.15, 0.2) is 36.8 Å². The lowest BCUT2D eigenvalue weighted by Gasteiger charge is -2.26. The fraction of sp³-hybridized carbons (Fsp3) is 0.542. The maximum Gasteiger partial charge on any atom is 0.309 e. The third kappa shape index (κ3) is 4.95. The van der Waals surface area contributed by atoms with Crippen LogP contribution in [0.25, 0.3) is 11.1 Å². The molecule has 0 amide bonds. The van der Waals surface area contributed by atoms with Crippen LogP contribution in [-0.4, -0.2) is 29.2 Å². The van der Waals surface area contributed by atoms with Crippen LogP contribution in [0.4, 0.5) is 0 Å². The van der Waals surface area contributed by atoms with Crippen molar-refractivity contribution >= 4 is 5.97 Å². The van der Waals surface area contributed by atoms with E-state index >= 15 is 0 Å². The van der Waals surface area contributed by atoms with Crippen molar-refractivity contribution in [2.45, 2.75) is 51.9 Å². The summed E-state index contributed by atoms with van der Waals surface area (Å²) >= 11 is 0. The predicted octanol–water partition coefficient (Wildman–Crippen LogP) is 5.02. The van der Waals surface area contributed by atoms with Crippen LogP contribution in [0.2, 0.25) is 0 Å². The average molecular weight is 395 g/mol.